The maximum Gasteiger partial charge on any atom is 0.327 e. The molecule has 0 aliphatic carbocycles. The van der Waals surface area contributed by atoms with Crippen LogP contribution in [0.15, 0.2) is 4.99 Å². The van der Waals surface area contributed by atoms with Gasteiger partial charge >= 0.3 is 5.97 Å². The van der Waals surface area contributed by atoms with Crippen molar-refractivity contribution in [2.45, 2.75) is 25.8 Å². The van der Waals surface area contributed by atoms with Crippen molar-refractivity contribution in [3.63, 3.8) is 0 Å². The molecule has 1 N–H and O–H groups in total. The van der Waals surface area contributed by atoms with Crippen LogP contribution in [-0.2, 0) is 9.53 Å². The molecular formula is C9H16N2O2S. The number of carbonyl (C=O) groups is 1. The van der Waals surface area contributed by atoms with E-state index in [-0.39, 0.29) is 18.1 Å². The molecule has 4 nitrogen and oxygen atoms in total. The second kappa shape index (κ2) is 4.68. The number of hydrogen-bond acceptors (Lipinski definition) is 4. The first kappa shape index (κ1) is 11.4. The van der Waals surface area contributed by atoms with Crippen molar-refractivity contribution in [1.29, 1.82) is 0 Å². The fourth-order valence-corrected chi connectivity index (χ4v) is 2.39. The van der Waals surface area contributed by atoms with Crippen molar-refractivity contribution in [2.75, 3.05) is 19.4 Å². The number of nitrogens with one attached hydrogen (secondary N) is 1. The lowest BCUT2D eigenvalue weighted by molar-refractivity contribution is -0.138. The second-order valence-electron chi connectivity index (χ2n) is 3.80. The number of rotatable bonds is 2. The molecule has 1 saturated heterocycles. The summed E-state index contributed by atoms with van der Waals surface area (Å²) in [6, 6.07) is 0. The highest BCUT2D eigenvalue weighted by atomic mass is 32.2. The van der Waals surface area contributed by atoms with Gasteiger partial charge in [0.25, 0.3) is 0 Å². The number of carbonyl (C=O) groups excluding carboxylic acids is 1. The normalized spacial score (nSPS) is 22.9. The Kier molecular flexibility index (Phi) is 3.80. The van der Waals surface area contributed by atoms with Gasteiger partial charge in [0.1, 0.15) is 6.54 Å². The SMILES string of the molecule is COC(=O)CN=C1NC(C)(C)CCS1. The number of thioether (sulfide) groups is 1. The van der Waals surface area contributed by atoms with E-state index in [4.69, 9.17) is 0 Å². The van der Waals surface area contributed by atoms with Gasteiger partial charge in [-0.05, 0) is 20.3 Å². The third-order valence-corrected chi connectivity index (χ3v) is 2.90. The Morgan fingerprint density at radius 1 is 1.71 bits per heavy atom. The van der Waals surface area contributed by atoms with Gasteiger partial charge in [-0.1, -0.05) is 11.8 Å². The van der Waals surface area contributed by atoms with Crippen LogP contribution in [-0.4, -0.2) is 36.1 Å². The largest absolute Gasteiger partial charge is 0.468 e. The summed E-state index contributed by atoms with van der Waals surface area (Å²) in [4.78, 5) is 15.0. The van der Waals surface area contributed by atoms with Crippen LogP contribution in [0.3, 0.4) is 0 Å². The first-order valence-electron chi connectivity index (χ1n) is 4.56. The van der Waals surface area contributed by atoms with E-state index in [1.807, 2.05) is 0 Å². The van der Waals surface area contributed by atoms with Crippen LogP contribution in [0.4, 0.5) is 0 Å². The van der Waals surface area contributed by atoms with Crippen LogP contribution in [0.2, 0.25) is 0 Å². The van der Waals surface area contributed by atoms with Gasteiger partial charge in [0, 0.05) is 11.3 Å². The Morgan fingerprint density at radius 2 is 2.43 bits per heavy atom. The average molecular weight is 216 g/mol. The molecule has 0 radical (unpaired) electrons. The standard InChI is InChI=1S/C9H16N2O2S/c1-9(2)4-5-14-8(11-9)10-6-7(12)13-3/h4-6H2,1-3H3,(H,10,11). The van der Waals surface area contributed by atoms with E-state index < -0.39 is 0 Å². The molecule has 0 unspecified atom stereocenters. The zero-order valence-corrected chi connectivity index (χ0v) is 9.61. The minimum Gasteiger partial charge on any atom is -0.468 e. The van der Waals surface area contributed by atoms with E-state index in [1.165, 1.54) is 7.11 Å². The zero-order valence-electron chi connectivity index (χ0n) is 8.79. The zero-order chi connectivity index (χ0) is 10.6. The van der Waals surface area contributed by atoms with Gasteiger partial charge in [-0.25, -0.2) is 0 Å². The summed E-state index contributed by atoms with van der Waals surface area (Å²) in [6.45, 7) is 4.35. The van der Waals surface area contributed by atoms with Gasteiger partial charge in [-0.3, -0.25) is 9.79 Å². The van der Waals surface area contributed by atoms with Crippen molar-refractivity contribution < 1.29 is 9.53 Å². The summed E-state index contributed by atoms with van der Waals surface area (Å²) < 4.78 is 4.51. The molecule has 5 heteroatoms. The molecule has 80 valence electrons. The van der Waals surface area contributed by atoms with E-state index in [2.05, 4.69) is 28.9 Å². The van der Waals surface area contributed by atoms with E-state index in [9.17, 15) is 4.79 Å². The molecule has 14 heavy (non-hydrogen) atoms. The molecule has 0 bridgehead atoms. The molecule has 1 fully saturated rings. The highest BCUT2D eigenvalue weighted by molar-refractivity contribution is 8.13. The first-order valence-corrected chi connectivity index (χ1v) is 5.54. The molecule has 0 aromatic rings. The van der Waals surface area contributed by atoms with Crippen LogP contribution in [0.5, 0.6) is 0 Å². The summed E-state index contributed by atoms with van der Waals surface area (Å²) in [5.41, 5.74) is 0.0835. The van der Waals surface area contributed by atoms with E-state index in [1.54, 1.807) is 11.8 Å². The Morgan fingerprint density at radius 3 is 3.00 bits per heavy atom. The van der Waals surface area contributed by atoms with Gasteiger partial charge < -0.3 is 10.1 Å². The monoisotopic (exact) mass is 216 g/mol. The Hall–Kier alpha value is -0.710. The number of nitrogens with zero attached hydrogens (tertiary/aromatic N) is 1. The predicted octanol–water partition coefficient (Wildman–Crippen LogP) is 1.02. The lowest BCUT2D eigenvalue weighted by Gasteiger charge is -2.32. The van der Waals surface area contributed by atoms with Gasteiger partial charge in [-0.15, -0.1) is 0 Å². The summed E-state index contributed by atoms with van der Waals surface area (Å²) in [5, 5.41) is 4.12. The topological polar surface area (TPSA) is 50.7 Å². The van der Waals surface area contributed by atoms with E-state index >= 15 is 0 Å². The molecule has 0 atom stereocenters. The minimum atomic E-state index is -0.303. The third-order valence-electron chi connectivity index (χ3n) is 1.99. The quantitative estimate of drug-likeness (QED) is 0.700. The van der Waals surface area contributed by atoms with Crippen LogP contribution in [0.25, 0.3) is 0 Å². The lowest BCUT2D eigenvalue weighted by atomic mass is 10.0. The summed E-state index contributed by atoms with van der Waals surface area (Å²) in [7, 11) is 1.37. The molecule has 1 rings (SSSR count). The highest BCUT2D eigenvalue weighted by Gasteiger charge is 2.24. The number of esters is 1. The van der Waals surface area contributed by atoms with E-state index in [0.29, 0.717) is 0 Å². The van der Waals surface area contributed by atoms with Crippen molar-refractivity contribution >= 4 is 22.9 Å². The highest BCUT2D eigenvalue weighted by Crippen LogP contribution is 2.21. The minimum absolute atomic E-state index is 0.0835. The maximum atomic E-state index is 10.8. The molecule has 1 aliphatic rings. The number of amidine groups is 1. The van der Waals surface area contributed by atoms with Crippen LogP contribution in [0.1, 0.15) is 20.3 Å². The molecule has 0 aromatic heterocycles. The van der Waals surface area contributed by atoms with Crippen molar-refractivity contribution in [1.82, 2.24) is 5.32 Å². The van der Waals surface area contributed by atoms with Crippen molar-refractivity contribution in [3.05, 3.63) is 0 Å². The van der Waals surface area contributed by atoms with Gasteiger partial charge in [0.05, 0.1) is 7.11 Å². The Labute approximate surface area is 88.5 Å². The fourth-order valence-electron chi connectivity index (χ4n) is 1.08. The number of methoxy groups -OCH3 is 1. The lowest BCUT2D eigenvalue weighted by Crippen LogP contribution is -2.46. The first-order chi connectivity index (χ1) is 6.53. The maximum absolute atomic E-state index is 10.8. The summed E-state index contributed by atoms with van der Waals surface area (Å²) >= 11 is 1.65. The Bertz CT molecular complexity index is 251. The third kappa shape index (κ3) is 3.57. The molecular weight excluding hydrogens is 200 g/mol. The number of hydrogen-bond donors (Lipinski definition) is 1. The smallest absolute Gasteiger partial charge is 0.327 e. The van der Waals surface area contributed by atoms with Gasteiger partial charge in [-0.2, -0.15) is 0 Å². The van der Waals surface area contributed by atoms with E-state index in [0.717, 1.165) is 17.3 Å². The molecule has 1 aliphatic heterocycles. The summed E-state index contributed by atoms with van der Waals surface area (Å²) in [5.74, 6) is 0.739. The number of aliphatic imine (C=N–C) groups is 1. The molecule has 0 spiro atoms. The predicted molar refractivity (Wildman–Crippen MR) is 58.6 cm³/mol. The van der Waals surface area contributed by atoms with Crippen molar-refractivity contribution in [2.24, 2.45) is 4.99 Å². The molecule has 0 aromatic carbocycles. The second-order valence-corrected chi connectivity index (χ2v) is 4.89. The van der Waals surface area contributed by atoms with Gasteiger partial charge in [0.15, 0.2) is 5.17 Å². The van der Waals surface area contributed by atoms with Crippen LogP contribution >= 0.6 is 11.8 Å². The molecule has 1 heterocycles. The average Bonchev–Trinajstić information content (AvgIpc) is 2.12. The molecule has 0 amide bonds. The fraction of sp³-hybridized carbons (Fsp3) is 0.778. The summed E-state index contributed by atoms with van der Waals surface area (Å²) in [6.07, 6.45) is 1.11. The van der Waals surface area contributed by atoms with Crippen molar-refractivity contribution in [3.8, 4) is 0 Å². The van der Waals surface area contributed by atoms with Crippen LogP contribution in [0, 0.1) is 0 Å². The van der Waals surface area contributed by atoms with Gasteiger partial charge in [0.2, 0.25) is 0 Å². The molecule has 0 saturated carbocycles. The number of ether oxygens (including phenoxy) is 1. The van der Waals surface area contributed by atoms with Crippen LogP contribution < -0.4 is 5.32 Å². The Balaban J connectivity index is 2.47.